The summed E-state index contributed by atoms with van der Waals surface area (Å²) in [6, 6.07) is 0.936. The van der Waals surface area contributed by atoms with Gasteiger partial charge in [-0.2, -0.15) is 0 Å². The summed E-state index contributed by atoms with van der Waals surface area (Å²) in [5.74, 6) is -0.876. The zero-order chi connectivity index (χ0) is 12.7. The fraction of sp³-hybridized carbons (Fsp3) is 0.500. The highest BCUT2D eigenvalue weighted by molar-refractivity contribution is 7.99. The molecule has 18 heavy (non-hydrogen) atoms. The first kappa shape index (κ1) is 11.6. The van der Waals surface area contributed by atoms with Crippen LogP contribution in [0.3, 0.4) is 0 Å². The van der Waals surface area contributed by atoms with Crippen LogP contribution in [0.4, 0.5) is 0 Å². The van der Waals surface area contributed by atoms with Crippen LogP contribution in [-0.2, 0) is 9.59 Å². The Balaban J connectivity index is 1.89. The Morgan fingerprint density at radius 2 is 2.22 bits per heavy atom. The molecule has 0 aromatic carbocycles. The molecular formula is C12H12NO4S-. The Hall–Kier alpha value is -1.43. The Morgan fingerprint density at radius 1 is 1.44 bits per heavy atom. The number of carboxylic acids is 1. The number of hydrogen-bond acceptors (Lipinski definition) is 5. The van der Waals surface area contributed by atoms with Gasteiger partial charge in [0.05, 0.1) is 24.5 Å². The van der Waals surface area contributed by atoms with E-state index in [1.54, 1.807) is 12.3 Å². The lowest BCUT2D eigenvalue weighted by Gasteiger charge is -2.29. The van der Waals surface area contributed by atoms with E-state index in [4.69, 9.17) is 4.42 Å². The zero-order valence-electron chi connectivity index (χ0n) is 9.57. The van der Waals surface area contributed by atoms with Crippen LogP contribution in [0.5, 0.6) is 0 Å². The number of carboxylic acid groups (broad SMARTS) is 1. The maximum atomic E-state index is 12.2. The maximum absolute atomic E-state index is 12.2. The molecule has 2 atom stereocenters. The van der Waals surface area contributed by atoms with Crippen molar-refractivity contribution in [2.45, 2.75) is 24.3 Å². The second-order valence-electron chi connectivity index (χ2n) is 4.60. The van der Waals surface area contributed by atoms with Crippen molar-refractivity contribution in [2.75, 3.05) is 5.75 Å². The number of nitrogens with zero attached hydrogens (tertiary/aromatic N) is 1. The number of hydrogen-bond donors (Lipinski definition) is 0. The highest BCUT2D eigenvalue weighted by atomic mass is 32.2. The average Bonchev–Trinajstić information content (AvgIpc) is 2.90. The predicted molar refractivity (Wildman–Crippen MR) is 62.3 cm³/mol. The Labute approximate surface area is 108 Å². The average molecular weight is 266 g/mol. The summed E-state index contributed by atoms with van der Waals surface area (Å²) < 4.78 is 5.01. The van der Waals surface area contributed by atoms with Gasteiger partial charge in [0.1, 0.15) is 5.37 Å². The van der Waals surface area contributed by atoms with Gasteiger partial charge in [-0.05, 0) is 18.9 Å². The van der Waals surface area contributed by atoms with Gasteiger partial charge in [-0.3, -0.25) is 4.79 Å². The van der Waals surface area contributed by atoms with Gasteiger partial charge in [-0.15, -0.1) is 11.8 Å². The third-order valence-electron chi connectivity index (χ3n) is 3.28. The van der Waals surface area contributed by atoms with Crippen molar-refractivity contribution < 1.29 is 19.1 Å². The molecule has 1 saturated carbocycles. The lowest BCUT2D eigenvalue weighted by molar-refractivity contribution is -0.310. The van der Waals surface area contributed by atoms with E-state index in [0.717, 1.165) is 18.4 Å². The monoisotopic (exact) mass is 266 g/mol. The molecule has 0 unspecified atom stereocenters. The van der Waals surface area contributed by atoms with Crippen LogP contribution < -0.4 is 5.11 Å². The molecule has 3 rings (SSSR count). The molecule has 5 nitrogen and oxygen atoms in total. The fourth-order valence-electron chi connectivity index (χ4n) is 2.17. The first-order valence-electron chi connectivity index (χ1n) is 5.85. The van der Waals surface area contributed by atoms with Crippen LogP contribution in [0, 0.1) is 5.92 Å². The van der Waals surface area contributed by atoms with E-state index >= 15 is 0 Å². The van der Waals surface area contributed by atoms with Gasteiger partial charge in [0, 0.05) is 17.2 Å². The molecular weight excluding hydrogens is 254 g/mol. The van der Waals surface area contributed by atoms with E-state index in [0.29, 0.717) is 5.75 Å². The molecule has 1 aromatic heterocycles. The number of carbonyl (C=O) groups is 2. The topological polar surface area (TPSA) is 73.6 Å². The molecule has 0 radical (unpaired) electrons. The van der Waals surface area contributed by atoms with Crippen molar-refractivity contribution in [1.82, 2.24) is 4.90 Å². The second kappa shape index (κ2) is 4.35. The van der Waals surface area contributed by atoms with Crippen molar-refractivity contribution in [3.05, 3.63) is 24.2 Å². The third kappa shape index (κ3) is 1.90. The number of furan rings is 1. The SMILES string of the molecule is O=C([O-])[C@H]1CS[C@@H](c2ccoc2)N1C(=O)C1CC1. The quantitative estimate of drug-likeness (QED) is 0.791. The molecule has 1 aliphatic heterocycles. The smallest absolute Gasteiger partial charge is 0.227 e. The molecule has 0 spiro atoms. The summed E-state index contributed by atoms with van der Waals surface area (Å²) >= 11 is 1.44. The standard InChI is InChI=1S/C12H13NO4S/c14-10(7-1-2-7)13-9(12(15)16)6-18-11(13)8-3-4-17-5-8/h3-5,7,9,11H,1-2,6H2,(H,15,16)/p-1/t9-,11+/m1/s1. The molecule has 96 valence electrons. The minimum absolute atomic E-state index is 0.0000454. The highest BCUT2D eigenvalue weighted by Gasteiger charge is 2.44. The Kier molecular flexibility index (Phi) is 2.81. The van der Waals surface area contributed by atoms with Crippen LogP contribution >= 0.6 is 11.8 Å². The first-order chi connectivity index (χ1) is 8.68. The lowest BCUT2D eigenvalue weighted by Crippen LogP contribution is -2.49. The molecule has 0 N–H and O–H groups in total. The number of rotatable bonds is 3. The number of amides is 1. The summed E-state index contributed by atoms with van der Waals surface area (Å²) in [6.07, 6.45) is 4.81. The van der Waals surface area contributed by atoms with Crippen molar-refractivity contribution in [3.63, 3.8) is 0 Å². The van der Waals surface area contributed by atoms with E-state index in [9.17, 15) is 14.7 Å². The van der Waals surface area contributed by atoms with Gasteiger partial charge in [0.15, 0.2) is 0 Å². The molecule has 0 bridgehead atoms. The van der Waals surface area contributed by atoms with Gasteiger partial charge >= 0.3 is 0 Å². The molecule has 2 heterocycles. The first-order valence-corrected chi connectivity index (χ1v) is 6.90. The van der Waals surface area contributed by atoms with Gasteiger partial charge in [0.25, 0.3) is 0 Å². The number of aliphatic carboxylic acids is 1. The summed E-state index contributed by atoms with van der Waals surface area (Å²) in [7, 11) is 0. The lowest BCUT2D eigenvalue weighted by atomic mass is 10.2. The van der Waals surface area contributed by atoms with Crippen LogP contribution in [0.2, 0.25) is 0 Å². The highest BCUT2D eigenvalue weighted by Crippen LogP contribution is 2.44. The van der Waals surface area contributed by atoms with Gasteiger partial charge in [-0.25, -0.2) is 0 Å². The molecule has 2 aliphatic rings. The maximum Gasteiger partial charge on any atom is 0.227 e. The Bertz CT molecular complexity index is 468. The van der Waals surface area contributed by atoms with E-state index in [1.807, 2.05) is 0 Å². The van der Waals surface area contributed by atoms with Crippen LogP contribution in [0.15, 0.2) is 23.0 Å². The van der Waals surface area contributed by atoms with E-state index in [2.05, 4.69) is 0 Å². The van der Waals surface area contributed by atoms with Gasteiger partial charge in [-0.1, -0.05) is 0 Å². The largest absolute Gasteiger partial charge is 0.548 e. The van der Waals surface area contributed by atoms with Crippen molar-refractivity contribution in [1.29, 1.82) is 0 Å². The van der Waals surface area contributed by atoms with Crippen molar-refractivity contribution >= 4 is 23.6 Å². The van der Waals surface area contributed by atoms with Crippen LogP contribution in [-0.4, -0.2) is 28.6 Å². The number of carbonyl (C=O) groups excluding carboxylic acids is 2. The fourth-order valence-corrected chi connectivity index (χ4v) is 3.57. The minimum atomic E-state index is -1.18. The van der Waals surface area contributed by atoms with E-state index in [1.165, 1.54) is 22.9 Å². The van der Waals surface area contributed by atoms with Gasteiger partial charge < -0.3 is 19.2 Å². The van der Waals surface area contributed by atoms with Crippen molar-refractivity contribution in [3.8, 4) is 0 Å². The summed E-state index contributed by atoms with van der Waals surface area (Å²) in [5.41, 5.74) is 0.831. The Morgan fingerprint density at radius 3 is 2.78 bits per heavy atom. The number of thioether (sulfide) groups is 1. The third-order valence-corrected chi connectivity index (χ3v) is 4.61. The molecule has 1 saturated heterocycles. The molecule has 6 heteroatoms. The second-order valence-corrected chi connectivity index (χ2v) is 5.71. The molecule has 1 aliphatic carbocycles. The van der Waals surface area contributed by atoms with E-state index < -0.39 is 12.0 Å². The molecule has 1 aromatic rings. The van der Waals surface area contributed by atoms with Gasteiger partial charge in [0.2, 0.25) is 5.91 Å². The summed E-state index contributed by atoms with van der Waals surface area (Å²) in [4.78, 5) is 24.8. The van der Waals surface area contributed by atoms with Crippen LogP contribution in [0.1, 0.15) is 23.8 Å². The normalized spacial score (nSPS) is 27.4. The molecule has 2 fully saturated rings. The minimum Gasteiger partial charge on any atom is -0.548 e. The summed E-state index contributed by atoms with van der Waals surface area (Å²) in [6.45, 7) is 0. The van der Waals surface area contributed by atoms with Crippen LogP contribution in [0.25, 0.3) is 0 Å². The molecule has 1 amide bonds. The van der Waals surface area contributed by atoms with Crippen molar-refractivity contribution in [2.24, 2.45) is 5.92 Å². The summed E-state index contributed by atoms with van der Waals surface area (Å²) in [5, 5.41) is 10.9. The predicted octanol–water partition coefficient (Wildman–Crippen LogP) is 0.382. The zero-order valence-corrected chi connectivity index (χ0v) is 10.4. The van der Waals surface area contributed by atoms with E-state index in [-0.39, 0.29) is 17.2 Å².